The van der Waals surface area contributed by atoms with Crippen LogP contribution >= 0.6 is 22.7 Å². The van der Waals surface area contributed by atoms with Gasteiger partial charge in [-0.15, -0.1) is 22.7 Å². The molecule has 3 aromatic heterocycles. The lowest BCUT2D eigenvalue weighted by atomic mass is 9.99. The average molecular weight is 481 g/mol. The van der Waals surface area contributed by atoms with Crippen LogP contribution in [0.2, 0.25) is 0 Å². The summed E-state index contributed by atoms with van der Waals surface area (Å²) in [5.74, 6) is -0.111. The van der Waals surface area contributed by atoms with Gasteiger partial charge in [-0.2, -0.15) is 0 Å². The number of hydrogen-bond donors (Lipinski definition) is 2. The van der Waals surface area contributed by atoms with E-state index in [0.29, 0.717) is 32.7 Å². The maximum Gasteiger partial charge on any atom is 0.341 e. The van der Waals surface area contributed by atoms with Crippen molar-refractivity contribution in [3.63, 3.8) is 0 Å². The topological polar surface area (TPSA) is 107 Å². The first-order valence-corrected chi connectivity index (χ1v) is 12.2. The van der Waals surface area contributed by atoms with E-state index < -0.39 is 11.9 Å². The molecule has 0 saturated heterocycles. The number of thiophene rings is 2. The minimum absolute atomic E-state index is 0.221. The number of nitrogens with one attached hydrogen (secondary N) is 1. The molecule has 0 fully saturated rings. The van der Waals surface area contributed by atoms with Gasteiger partial charge in [0.1, 0.15) is 22.0 Å². The van der Waals surface area contributed by atoms with E-state index in [4.69, 9.17) is 10.5 Å². The number of rotatable bonds is 7. The second-order valence-electron chi connectivity index (χ2n) is 7.80. The highest BCUT2D eigenvalue weighted by Gasteiger charge is 2.26. The van der Waals surface area contributed by atoms with Crippen LogP contribution in [0.1, 0.15) is 57.8 Å². The first-order chi connectivity index (χ1) is 15.8. The quantitative estimate of drug-likeness (QED) is 0.320. The summed E-state index contributed by atoms with van der Waals surface area (Å²) >= 11 is 2.64. The van der Waals surface area contributed by atoms with Crippen LogP contribution in [-0.4, -0.2) is 28.5 Å². The van der Waals surface area contributed by atoms with Crippen molar-refractivity contribution in [3.05, 3.63) is 57.5 Å². The predicted molar refractivity (Wildman–Crippen MR) is 134 cm³/mol. The molecule has 3 heterocycles. The molecule has 4 rings (SSSR count). The number of nitrogens with zero attached hydrogens (tertiary/aromatic N) is 2. The van der Waals surface area contributed by atoms with Gasteiger partial charge < -0.3 is 15.8 Å². The van der Waals surface area contributed by atoms with Crippen molar-refractivity contribution in [3.8, 4) is 11.1 Å². The zero-order valence-electron chi connectivity index (χ0n) is 18.8. The fourth-order valence-electron chi connectivity index (χ4n) is 3.62. The van der Waals surface area contributed by atoms with Crippen LogP contribution in [0.15, 0.2) is 36.0 Å². The number of amides is 1. The Morgan fingerprint density at radius 3 is 2.55 bits per heavy atom. The second kappa shape index (κ2) is 9.29. The summed E-state index contributed by atoms with van der Waals surface area (Å²) in [6.45, 7) is 7.97. The maximum atomic E-state index is 12.7. The molecule has 7 nitrogen and oxygen atoms in total. The summed E-state index contributed by atoms with van der Waals surface area (Å²) in [5, 5.41) is 6.63. The molecule has 0 spiro atoms. The molecule has 4 aromatic rings. The predicted octanol–water partition coefficient (Wildman–Crippen LogP) is 5.87. The van der Waals surface area contributed by atoms with E-state index >= 15 is 0 Å². The summed E-state index contributed by atoms with van der Waals surface area (Å²) in [6, 6.07) is 8.44. The van der Waals surface area contributed by atoms with Crippen molar-refractivity contribution in [2.24, 2.45) is 5.73 Å². The molecule has 170 valence electrons. The van der Waals surface area contributed by atoms with Crippen molar-refractivity contribution in [2.45, 2.75) is 33.6 Å². The number of primary amides is 1. The highest BCUT2D eigenvalue weighted by Crippen LogP contribution is 2.40. The summed E-state index contributed by atoms with van der Waals surface area (Å²) < 4.78 is 5.22. The molecule has 0 atom stereocenters. The molecule has 9 heteroatoms. The van der Waals surface area contributed by atoms with E-state index in [1.807, 2.05) is 0 Å². The molecule has 33 heavy (non-hydrogen) atoms. The SMILES string of the molecule is CCOC(=O)c1c(Nc2ncnc3scc(-c4ccc(C(C)C)cc4)c23)sc(C(N)=O)c1C. The van der Waals surface area contributed by atoms with Crippen molar-refractivity contribution >= 4 is 55.6 Å². The second-order valence-corrected chi connectivity index (χ2v) is 9.68. The van der Waals surface area contributed by atoms with E-state index in [0.717, 1.165) is 32.7 Å². The van der Waals surface area contributed by atoms with Crippen LogP contribution in [0, 0.1) is 6.92 Å². The van der Waals surface area contributed by atoms with Crippen LogP contribution in [0.4, 0.5) is 10.8 Å². The molecule has 0 saturated carbocycles. The summed E-state index contributed by atoms with van der Waals surface area (Å²) in [7, 11) is 0. The third-order valence-electron chi connectivity index (χ3n) is 5.34. The summed E-state index contributed by atoms with van der Waals surface area (Å²) in [4.78, 5) is 34.6. The Morgan fingerprint density at radius 2 is 1.91 bits per heavy atom. The van der Waals surface area contributed by atoms with Gasteiger partial charge in [-0.25, -0.2) is 14.8 Å². The minimum atomic E-state index is -0.592. The van der Waals surface area contributed by atoms with Crippen molar-refractivity contribution < 1.29 is 14.3 Å². The van der Waals surface area contributed by atoms with Gasteiger partial charge in [0.05, 0.1) is 22.4 Å². The molecule has 0 aliphatic rings. The molecule has 3 N–H and O–H groups in total. The lowest BCUT2D eigenvalue weighted by Crippen LogP contribution is -2.12. The average Bonchev–Trinajstić information content (AvgIpc) is 3.36. The highest BCUT2D eigenvalue weighted by atomic mass is 32.1. The lowest BCUT2D eigenvalue weighted by Gasteiger charge is -2.10. The first-order valence-electron chi connectivity index (χ1n) is 10.5. The molecule has 0 unspecified atom stereocenters. The van der Waals surface area contributed by atoms with E-state index in [-0.39, 0.29) is 6.61 Å². The molecule has 1 amide bonds. The number of benzene rings is 1. The van der Waals surface area contributed by atoms with Gasteiger partial charge in [0, 0.05) is 10.9 Å². The number of carbonyl (C=O) groups excluding carboxylic acids is 2. The van der Waals surface area contributed by atoms with Crippen molar-refractivity contribution in [1.82, 2.24) is 9.97 Å². The fourth-order valence-corrected chi connectivity index (χ4v) is 5.59. The van der Waals surface area contributed by atoms with Crippen LogP contribution in [-0.2, 0) is 4.74 Å². The molecule has 0 aliphatic carbocycles. The fraction of sp³-hybridized carbons (Fsp3) is 0.250. The largest absolute Gasteiger partial charge is 0.462 e. The Labute approximate surface area is 199 Å². The number of ether oxygens (including phenoxy) is 1. The number of carbonyl (C=O) groups is 2. The standard InChI is InChI=1S/C24H24N4O3S2/c1-5-31-24(30)17-13(4)19(20(25)29)33-23(17)28-21-18-16(10-32-22(18)27-11-26-21)15-8-6-14(7-9-15)12(2)3/h6-12H,5H2,1-4H3,(H2,25,29)(H,26,27,28). The van der Waals surface area contributed by atoms with E-state index in [1.54, 1.807) is 13.8 Å². The Hall–Kier alpha value is -3.30. The van der Waals surface area contributed by atoms with Gasteiger partial charge >= 0.3 is 5.97 Å². The number of nitrogens with two attached hydrogens (primary N) is 1. The Bertz CT molecular complexity index is 1340. The van der Waals surface area contributed by atoms with Crippen LogP contribution in [0.25, 0.3) is 21.3 Å². The number of anilines is 2. The van der Waals surface area contributed by atoms with Gasteiger partial charge in [0.15, 0.2) is 0 Å². The Balaban J connectivity index is 1.82. The number of hydrogen-bond acceptors (Lipinski definition) is 8. The summed E-state index contributed by atoms with van der Waals surface area (Å²) in [5.41, 5.74) is 9.63. The number of aromatic nitrogens is 2. The maximum absolute atomic E-state index is 12.7. The van der Waals surface area contributed by atoms with E-state index in [2.05, 4.69) is 58.8 Å². The normalized spacial score (nSPS) is 11.2. The molecule has 1 aromatic carbocycles. The summed E-state index contributed by atoms with van der Waals surface area (Å²) in [6.07, 6.45) is 1.48. The van der Waals surface area contributed by atoms with Gasteiger partial charge in [0.25, 0.3) is 5.91 Å². The van der Waals surface area contributed by atoms with Crippen LogP contribution in [0.5, 0.6) is 0 Å². The number of esters is 1. The zero-order chi connectivity index (χ0) is 23.7. The van der Waals surface area contributed by atoms with Gasteiger partial charge in [-0.3, -0.25) is 4.79 Å². The molecule has 0 bridgehead atoms. The Kier molecular flexibility index (Phi) is 6.44. The molecular formula is C24H24N4O3S2. The van der Waals surface area contributed by atoms with Crippen LogP contribution < -0.4 is 11.1 Å². The van der Waals surface area contributed by atoms with Gasteiger partial charge in [-0.05, 0) is 36.5 Å². The van der Waals surface area contributed by atoms with E-state index in [1.165, 1.54) is 23.2 Å². The Morgan fingerprint density at radius 1 is 1.18 bits per heavy atom. The highest BCUT2D eigenvalue weighted by molar-refractivity contribution is 7.19. The minimum Gasteiger partial charge on any atom is -0.462 e. The first kappa shape index (κ1) is 22.9. The molecule has 0 radical (unpaired) electrons. The van der Waals surface area contributed by atoms with Crippen molar-refractivity contribution in [2.75, 3.05) is 11.9 Å². The monoisotopic (exact) mass is 480 g/mol. The van der Waals surface area contributed by atoms with Gasteiger partial charge in [0.2, 0.25) is 0 Å². The lowest BCUT2D eigenvalue weighted by molar-refractivity contribution is 0.0527. The third kappa shape index (κ3) is 4.34. The van der Waals surface area contributed by atoms with E-state index in [9.17, 15) is 9.59 Å². The van der Waals surface area contributed by atoms with Gasteiger partial charge in [-0.1, -0.05) is 38.1 Å². The zero-order valence-corrected chi connectivity index (χ0v) is 20.4. The third-order valence-corrected chi connectivity index (χ3v) is 7.45. The number of fused-ring (bicyclic) bond motifs is 1. The molecular weight excluding hydrogens is 456 g/mol. The van der Waals surface area contributed by atoms with Crippen molar-refractivity contribution in [1.29, 1.82) is 0 Å². The van der Waals surface area contributed by atoms with Crippen LogP contribution in [0.3, 0.4) is 0 Å². The smallest absolute Gasteiger partial charge is 0.341 e. The molecule has 0 aliphatic heterocycles.